The van der Waals surface area contributed by atoms with Gasteiger partial charge in [0, 0.05) is 6.42 Å². The fourth-order valence-electron chi connectivity index (χ4n) is 0.868. The third-order valence-corrected chi connectivity index (χ3v) is 1.35. The lowest BCUT2D eigenvalue weighted by Crippen LogP contribution is -1.93. The Morgan fingerprint density at radius 2 is 1.80 bits per heavy atom. The molecule has 60 valence electrons. The largest absolute Gasteiger partial charge is 0.498 e. The van der Waals surface area contributed by atoms with Crippen LogP contribution in [0.5, 0.6) is 0 Å². The van der Waals surface area contributed by atoms with Crippen molar-refractivity contribution in [3.8, 4) is 0 Å². The van der Waals surface area contributed by atoms with Crippen molar-refractivity contribution in [2.24, 2.45) is 0 Å². The Bertz CT molecular complexity index is 102. The van der Waals surface area contributed by atoms with Crippen LogP contribution in [0, 0.1) is 0 Å². The van der Waals surface area contributed by atoms with E-state index in [9.17, 15) is 0 Å². The molecular formula is C9H18O. The molecule has 0 saturated heterocycles. The van der Waals surface area contributed by atoms with Crippen LogP contribution in [-0.2, 0) is 4.74 Å². The lowest BCUT2D eigenvalue weighted by atomic mass is 10.2. The average molecular weight is 142 g/mol. The van der Waals surface area contributed by atoms with Gasteiger partial charge in [-0.3, -0.25) is 0 Å². The summed E-state index contributed by atoms with van der Waals surface area (Å²) in [5.41, 5.74) is 1.31. The van der Waals surface area contributed by atoms with E-state index in [1.807, 2.05) is 6.92 Å². The fraction of sp³-hybridized carbons (Fsp3) is 0.778. The number of ether oxygens (including phenoxy) is 1. The zero-order valence-corrected chi connectivity index (χ0v) is 7.53. The van der Waals surface area contributed by atoms with Crippen LogP contribution in [-0.4, -0.2) is 6.61 Å². The highest BCUT2D eigenvalue weighted by Crippen LogP contribution is 2.11. The molecule has 0 fully saturated rings. The Hall–Kier alpha value is -0.460. The van der Waals surface area contributed by atoms with E-state index in [0.717, 1.165) is 13.0 Å². The second kappa shape index (κ2) is 5.33. The van der Waals surface area contributed by atoms with Crippen molar-refractivity contribution in [2.45, 2.75) is 40.5 Å². The Labute approximate surface area is 64.1 Å². The maximum Gasteiger partial charge on any atom is 0.0945 e. The van der Waals surface area contributed by atoms with Crippen molar-refractivity contribution < 1.29 is 4.74 Å². The van der Waals surface area contributed by atoms with Gasteiger partial charge in [-0.25, -0.2) is 0 Å². The minimum atomic E-state index is 0.792. The van der Waals surface area contributed by atoms with Crippen molar-refractivity contribution in [1.82, 2.24) is 0 Å². The zero-order valence-electron chi connectivity index (χ0n) is 7.53. The van der Waals surface area contributed by atoms with E-state index in [1.54, 1.807) is 0 Å². The van der Waals surface area contributed by atoms with Crippen LogP contribution in [0.3, 0.4) is 0 Å². The van der Waals surface area contributed by atoms with Crippen LogP contribution in [0.1, 0.15) is 40.5 Å². The summed E-state index contributed by atoms with van der Waals surface area (Å²) in [6.07, 6.45) is 2.25. The summed E-state index contributed by atoms with van der Waals surface area (Å²) >= 11 is 0. The Morgan fingerprint density at radius 3 is 2.10 bits per heavy atom. The molecule has 0 atom stereocenters. The van der Waals surface area contributed by atoms with E-state index in [-0.39, 0.29) is 0 Å². The highest BCUT2D eigenvalue weighted by molar-refractivity contribution is 5.02. The Balaban J connectivity index is 3.86. The van der Waals surface area contributed by atoms with E-state index in [2.05, 4.69) is 20.8 Å². The fourth-order valence-corrected chi connectivity index (χ4v) is 0.868. The van der Waals surface area contributed by atoms with Gasteiger partial charge in [0.25, 0.3) is 0 Å². The van der Waals surface area contributed by atoms with Crippen LogP contribution in [0.4, 0.5) is 0 Å². The molecule has 0 radical (unpaired) electrons. The standard InChI is InChI=1S/C9H18O/c1-5-7-9(8(3)4)10-6-2/h5-7H2,1-4H3. The minimum absolute atomic E-state index is 0.792. The first-order chi connectivity index (χ1) is 4.72. The summed E-state index contributed by atoms with van der Waals surface area (Å²) < 4.78 is 5.42. The molecule has 0 unspecified atom stereocenters. The van der Waals surface area contributed by atoms with E-state index >= 15 is 0 Å². The summed E-state index contributed by atoms with van der Waals surface area (Å²) in [6.45, 7) is 9.18. The van der Waals surface area contributed by atoms with Gasteiger partial charge in [0.2, 0.25) is 0 Å². The van der Waals surface area contributed by atoms with Gasteiger partial charge in [0.1, 0.15) is 0 Å². The maximum absolute atomic E-state index is 5.42. The normalized spacial score (nSPS) is 9.20. The van der Waals surface area contributed by atoms with Crippen LogP contribution < -0.4 is 0 Å². The number of hydrogen-bond acceptors (Lipinski definition) is 1. The molecule has 0 saturated carbocycles. The Morgan fingerprint density at radius 1 is 1.20 bits per heavy atom. The third kappa shape index (κ3) is 3.54. The predicted molar refractivity (Wildman–Crippen MR) is 44.9 cm³/mol. The molecular weight excluding hydrogens is 124 g/mol. The lowest BCUT2D eigenvalue weighted by Gasteiger charge is -2.08. The molecule has 0 aliphatic rings. The highest BCUT2D eigenvalue weighted by atomic mass is 16.5. The summed E-state index contributed by atoms with van der Waals surface area (Å²) in [5.74, 6) is 1.17. The van der Waals surface area contributed by atoms with Crippen molar-refractivity contribution in [1.29, 1.82) is 0 Å². The first kappa shape index (κ1) is 9.54. The maximum atomic E-state index is 5.42. The van der Waals surface area contributed by atoms with Crippen LogP contribution >= 0.6 is 0 Å². The van der Waals surface area contributed by atoms with Crippen molar-refractivity contribution in [3.63, 3.8) is 0 Å². The van der Waals surface area contributed by atoms with Gasteiger partial charge in [0.05, 0.1) is 12.4 Å². The number of allylic oxidation sites excluding steroid dienone is 2. The molecule has 1 heteroatoms. The molecule has 0 aliphatic carbocycles. The highest BCUT2D eigenvalue weighted by Gasteiger charge is 1.96. The van der Waals surface area contributed by atoms with Crippen LogP contribution in [0.15, 0.2) is 11.3 Å². The predicted octanol–water partition coefficient (Wildman–Crippen LogP) is 3.12. The van der Waals surface area contributed by atoms with E-state index in [4.69, 9.17) is 4.74 Å². The molecule has 1 nitrogen and oxygen atoms in total. The molecule has 0 amide bonds. The van der Waals surface area contributed by atoms with E-state index in [1.165, 1.54) is 17.8 Å². The van der Waals surface area contributed by atoms with Crippen LogP contribution in [0.2, 0.25) is 0 Å². The van der Waals surface area contributed by atoms with E-state index < -0.39 is 0 Å². The zero-order chi connectivity index (χ0) is 7.98. The quantitative estimate of drug-likeness (QED) is 0.548. The van der Waals surface area contributed by atoms with Gasteiger partial charge in [-0.2, -0.15) is 0 Å². The monoisotopic (exact) mass is 142 g/mol. The molecule has 0 spiro atoms. The van der Waals surface area contributed by atoms with Crippen molar-refractivity contribution in [2.75, 3.05) is 6.61 Å². The first-order valence-corrected chi connectivity index (χ1v) is 4.01. The van der Waals surface area contributed by atoms with Gasteiger partial charge in [-0.15, -0.1) is 0 Å². The topological polar surface area (TPSA) is 9.23 Å². The summed E-state index contributed by atoms with van der Waals surface area (Å²) in [4.78, 5) is 0. The van der Waals surface area contributed by atoms with Crippen LogP contribution in [0.25, 0.3) is 0 Å². The van der Waals surface area contributed by atoms with Gasteiger partial charge < -0.3 is 4.74 Å². The molecule has 0 aromatic rings. The van der Waals surface area contributed by atoms with Crippen molar-refractivity contribution >= 4 is 0 Å². The van der Waals surface area contributed by atoms with Gasteiger partial charge in [-0.1, -0.05) is 6.92 Å². The van der Waals surface area contributed by atoms with Crippen molar-refractivity contribution in [3.05, 3.63) is 11.3 Å². The molecule has 0 aliphatic heterocycles. The summed E-state index contributed by atoms with van der Waals surface area (Å²) in [7, 11) is 0. The Kier molecular flexibility index (Phi) is 5.09. The third-order valence-electron chi connectivity index (χ3n) is 1.35. The van der Waals surface area contributed by atoms with E-state index in [0.29, 0.717) is 0 Å². The molecule has 0 aromatic heterocycles. The minimum Gasteiger partial charge on any atom is -0.498 e. The second-order valence-corrected chi connectivity index (χ2v) is 2.61. The molecule has 0 heterocycles. The van der Waals surface area contributed by atoms with Gasteiger partial charge >= 0.3 is 0 Å². The molecule has 0 N–H and O–H groups in total. The SMILES string of the molecule is CCCC(OCC)=C(C)C. The molecule has 0 aromatic carbocycles. The number of rotatable bonds is 4. The van der Waals surface area contributed by atoms with Gasteiger partial charge in [0.15, 0.2) is 0 Å². The molecule has 10 heavy (non-hydrogen) atoms. The lowest BCUT2D eigenvalue weighted by molar-refractivity contribution is 0.214. The number of hydrogen-bond donors (Lipinski definition) is 0. The first-order valence-electron chi connectivity index (χ1n) is 4.01. The molecule has 0 bridgehead atoms. The smallest absolute Gasteiger partial charge is 0.0945 e. The van der Waals surface area contributed by atoms with Gasteiger partial charge in [-0.05, 0) is 32.8 Å². The molecule has 0 rings (SSSR count). The summed E-state index contributed by atoms with van der Waals surface area (Å²) in [5, 5.41) is 0. The average Bonchev–Trinajstić information content (AvgIpc) is 1.87. The summed E-state index contributed by atoms with van der Waals surface area (Å²) in [6, 6.07) is 0. The second-order valence-electron chi connectivity index (χ2n) is 2.61.